The molecule has 0 aliphatic heterocycles. The fourth-order valence-electron chi connectivity index (χ4n) is 1.52. The molecule has 7 heteroatoms. The van der Waals surface area contributed by atoms with Crippen molar-refractivity contribution >= 4 is 29.1 Å². The number of carbonyl (C=O) groups excluding carboxylic acids is 2. The third kappa shape index (κ3) is 3.80. The Morgan fingerprint density at radius 3 is 2.55 bits per heavy atom. The van der Waals surface area contributed by atoms with Crippen molar-refractivity contribution in [3.8, 4) is 0 Å². The van der Waals surface area contributed by atoms with Gasteiger partial charge < -0.3 is 15.3 Å². The van der Waals surface area contributed by atoms with Crippen LogP contribution in [0.2, 0.25) is 0 Å². The number of likely N-dealkylation sites (N-methyl/N-ethyl adjacent to an activating group) is 1. The first kappa shape index (κ1) is 16.2. The molecule has 1 unspecified atom stereocenters. The van der Waals surface area contributed by atoms with Gasteiger partial charge in [-0.3, -0.25) is 9.59 Å². The molecular formula is C13H18N2O4S. The summed E-state index contributed by atoms with van der Waals surface area (Å²) < 4.78 is 0. The van der Waals surface area contributed by atoms with Gasteiger partial charge in [0.25, 0.3) is 5.91 Å². The second kappa shape index (κ2) is 6.51. The number of nitrogens with zero attached hydrogens (tertiary/aromatic N) is 1. The Morgan fingerprint density at radius 1 is 1.45 bits per heavy atom. The largest absolute Gasteiger partial charge is 0.480 e. The molecule has 1 atom stereocenters. The first-order valence-electron chi connectivity index (χ1n) is 6.13. The highest BCUT2D eigenvalue weighted by molar-refractivity contribution is 7.12. The van der Waals surface area contributed by atoms with E-state index in [1.807, 2.05) is 0 Å². The van der Waals surface area contributed by atoms with Crippen molar-refractivity contribution in [1.29, 1.82) is 0 Å². The van der Waals surface area contributed by atoms with Gasteiger partial charge in [0.2, 0.25) is 5.91 Å². The molecular weight excluding hydrogens is 280 g/mol. The number of thiophene rings is 1. The van der Waals surface area contributed by atoms with E-state index in [1.165, 1.54) is 30.2 Å². The Morgan fingerprint density at radius 2 is 2.10 bits per heavy atom. The van der Waals surface area contributed by atoms with E-state index >= 15 is 0 Å². The van der Waals surface area contributed by atoms with Crippen LogP contribution in [0, 0.1) is 0 Å². The molecule has 0 saturated carbocycles. The van der Waals surface area contributed by atoms with Gasteiger partial charge >= 0.3 is 5.97 Å². The zero-order valence-electron chi connectivity index (χ0n) is 11.7. The molecule has 0 fully saturated rings. The molecule has 1 aromatic heterocycles. The van der Waals surface area contributed by atoms with E-state index in [0.717, 1.165) is 0 Å². The summed E-state index contributed by atoms with van der Waals surface area (Å²) in [5, 5.41) is 13.3. The predicted octanol–water partition coefficient (Wildman–Crippen LogP) is 1.19. The monoisotopic (exact) mass is 298 g/mol. The summed E-state index contributed by atoms with van der Waals surface area (Å²) in [6.07, 6.45) is 0.261. The molecule has 0 saturated heterocycles. The number of carbonyl (C=O) groups is 3. The molecule has 2 N–H and O–H groups in total. The van der Waals surface area contributed by atoms with Gasteiger partial charge in [-0.15, -0.1) is 11.3 Å². The SMILES string of the molecule is CCC(C)(NC(=O)CN(C)C(=O)c1cccs1)C(=O)O. The van der Waals surface area contributed by atoms with Crippen molar-refractivity contribution in [2.75, 3.05) is 13.6 Å². The predicted molar refractivity (Wildman–Crippen MR) is 75.8 cm³/mol. The lowest BCUT2D eigenvalue weighted by Gasteiger charge is -2.26. The van der Waals surface area contributed by atoms with E-state index in [9.17, 15) is 14.4 Å². The zero-order valence-corrected chi connectivity index (χ0v) is 12.5. The fraction of sp³-hybridized carbons (Fsp3) is 0.462. The van der Waals surface area contributed by atoms with Crippen LogP contribution in [0.3, 0.4) is 0 Å². The normalized spacial score (nSPS) is 13.3. The van der Waals surface area contributed by atoms with Crippen LogP contribution >= 0.6 is 11.3 Å². The highest BCUT2D eigenvalue weighted by atomic mass is 32.1. The molecule has 2 amide bonds. The third-order valence-electron chi connectivity index (χ3n) is 3.05. The number of nitrogens with one attached hydrogen (secondary N) is 1. The number of amides is 2. The van der Waals surface area contributed by atoms with E-state index in [2.05, 4.69) is 5.32 Å². The first-order valence-corrected chi connectivity index (χ1v) is 7.01. The van der Waals surface area contributed by atoms with Gasteiger partial charge in [0.05, 0.1) is 11.4 Å². The number of rotatable bonds is 6. The first-order chi connectivity index (χ1) is 9.30. The summed E-state index contributed by atoms with van der Waals surface area (Å²) >= 11 is 1.29. The zero-order chi connectivity index (χ0) is 15.3. The van der Waals surface area contributed by atoms with Crippen LogP contribution in [-0.2, 0) is 9.59 Å². The molecule has 0 radical (unpaired) electrons. The van der Waals surface area contributed by atoms with Crippen LogP contribution in [0.5, 0.6) is 0 Å². The van der Waals surface area contributed by atoms with Gasteiger partial charge in [-0.2, -0.15) is 0 Å². The lowest BCUT2D eigenvalue weighted by molar-refractivity contribution is -0.147. The molecule has 0 spiro atoms. The van der Waals surface area contributed by atoms with Crippen LogP contribution in [0.25, 0.3) is 0 Å². The average Bonchev–Trinajstić information content (AvgIpc) is 2.90. The Bertz CT molecular complexity index is 500. The lowest BCUT2D eigenvalue weighted by Crippen LogP contribution is -2.54. The summed E-state index contributed by atoms with van der Waals surface area (Å²) in [6, 6.07) is 3.43. The number of carboxylic acids is 1. The van der Waals surface area contributed by atoms with Gasteiger partial charge in [-0.1, -0.05) is 13.0 Å². The van der Waals surface area contributed by atoms with Gasteiger partial charge in [0, 0.05) is 7.05 Å². The van der Waals surface area contributed by atoms with E-state index in [-0.39, 0.29) is 18.9 Å². The van der Waals surface area contributed by atoms with E-state index in [4.69, 9.17) is 5.11 Å². The van der Waals surface area contributed by atoms with Crippen molar-refractivity contribution < 1.29 is 19.5 Å². The average molecular weight is 298 g/mol. The smallest absolute Gasteiger partial charge is 0.329 e. The Kier molecular flexibility index (Phi) is 5.26. The lowest BCUT2D eigenvalue weighted by atomic mass is 9.99. The number of hydrogen-bond donors (Lipinski definition) is 2. The summed E-state index contributed by atoms with van der Waals surface area (Å²) in [4.78, 5) is 36.7. The van der Waals surface area contributed by atoms with Crippen LogP contribution in [-0.4, -0.2) is 46.9 Å². The highest BCUT2D eigenvalue weighted by Crippen LogP contribution is 2.12. The molecule has 20 heavy (non-hydrogen) atoms. The number of carboxylic acid groups (broad SMARTS) is 1. The number of hydrogen-bond acceptors (Lipinski definition) is 4. The molecule has 1 heterocycles. The molecule has 6 nitrogen and oxygen atoms in total. The second-order valence-electron chi connectivity index (χ2n) is 4.68. The van der Waals surface area contributed by atoms with Crippen molar-refractivity contribution in [2.24, 2.45) is 0 Å². The van der Waals surface area contributed by atoms with Crippen LogP contribution < -0.4 is 5.32 Å². The van der Waals surface area contributed by atoms with E-state index in [1.54, 1.807) is 24.4 Å². The highest BCUT2D eigenvalue weighted by Gasteiger charge is 2.33. The molecule has 110 valence electrons. The third-order valence-corrected chi connectivity index (χ3v) is 3.91. The topological polar surface area (TPSA) is 86.7 Å². The molecule has 1 aromatic rings. The van der Waals surface area contributed by atoms with E-state index < -0.39 is 17.4 Å². The Labute approximate surface area is 121 Å². The molecule has 0 aliphatic rings. The van der Waals surface area contributed by atoms with Crippen molar-refractivity contribution in [3.05, 3.63) is 22.4 Å². The van der Waals surface area contributed by atoms with Crippen molar-refractivity contribution in [2.45, 2.75) is 25.8 Å². The standard InChI is InChI=1S/C13H18N2O4S/c1-4-13(2,12(18)19)14-10(16)8-15(3)11(17)9-6-5-7-20-9/h5-7H,4,8H2,1-3H3,(H,14,16)(H,18,19). The van der Waals surface area contributed by atoms with Crippen molar-refractivity contribution in [3.63, 3.8) is 0 Å². The Hall–Kier alpha value is -1.89. The minimum Gasteiger partial charge on any atom is -0.480 e. The van der Waals surface area contributed by atoms with Gasteiger partial charge in [-0.25, -0.2) is 4.79 Å². The quantitative estimate of drug-likeness (QED) is 0.826. The maximum absolute atomic E-state index is 12.0. The maximum atomic E-state index is 12.0. The van der Waals surface area contributed by atoms with Gasteiger partial charge in [0.1, 0.15) is 5.54 Å². The Balaban J connectivity index is 2.62. The minimum absolute atomic E-state index is 0.181. The summed E-state index contributed by atoms with van der Waals surface area (Å²) in [6.45, 7) is 2.93. The fourth-order valence-corrected chi connectivity index (χ4v) is 2.23. The van der Waals surface area contributed by atoms with Crippen molar-refractivity contribution in [1.82, 2.24) is 10.2 Å². The number of aliphatic carboxylic acids is 1. The molecule has 0 aliphatic carbocycles. The van der Waals surface area contributed by atoms with Crippen LogP contribution in [0.1, 0.15) is 29.9 Å². The summed E-state index contributed by atoms with van der Waals surface area (Å²) in [5.41, 5.74) is -1.32. The minimum atomic E-state index is -1.32. The second-order valence-corrected chi connectivity index (χ2v) is 5.63. The van der Waals surface area contributed by atoms with E-state index in [0.29, 0.717) is 4.88 Å². The maximum Gasteiger partial charge on any atom is 0.329 e. The van der Waals surface area contributed by atoms with Crippen LogP contribution in [0.4, 0.5) is 0 Å². The molecule has 0 bridgehead atoms. The summed E-state index contributed by atoms with van der Waals surface area (Å²) in [5.74, 6) is -1.85. The van der Waals surface area contributed by atoms with Crippen LogP contribution in [0.15, 0.2) is 17.5 Å². The van der Waals surface area contributed by atoms with Gasteiger partial charge in [-0.05, 0) is 24.8 Å². The van der Waals surface area contributed by atoms with Gasteiger partial charge in [0.15, 0.2) is 0 Å². The molecule has 1 rings (SSSR count). The summed E-state index contributed by atoms with van der Waals surface area (Å²) in [7, 11) is 1.51. The molecule has 0 aromatic carbocycles.